The van der Waals surface area contributed by atoms with Gasteiger partial charge in [0.2, 0.25) is 29.5 Å². The highest BCUT2D eigenvalue weighted by molar-refractivity contribution is 6.02. The van der Waals surface area contributed by atoms with Gasteiger partial charge < -0.3 is 36.6 Å². The van der Waals surface area contributed by atoms with Crippen LogP contribution in [0.4, 0.5) is 5.69 Å². The molecule has 0 aromatic heterocycles. The fourth-order valence-electron chi connectivity index (χ4n) is 3.68. The standard InChI is InChI=1S/C27H30N6O8/c1-16(34)41-15-18-7-8-19-10-20(18)26(39)31-13-24(37)29-11-22(35)28-12-23(36)30-14-25(38)33-21(27(40)32-19)9-17-5-3-2-4-6-17/h2-8,10,21H,9,11-15H2,1H3,(H,28,35)(H,29,37)(H,30,36)(H,31,39)(H,32,40)(H,33,38)/t21-/m0/s1. The van der Waals surface area contributed by atoms with Crippen molar-refractivity contribution in [1.82, 2.24) is 26.6 Å². The summed E-state index contributed by atoms with van der Waals surface area (Å²) in [7, 11) is 0. The molecular formula is C27H30N6O8. The Labute approximate surface area is 235 Å². The molecule has 3 rings (SSSR count). The van der Waals surface area contributed by atoms with Crippen molar-refractivity contribution in [3.63, 3.8) is 0 Å². The highest BCUT2D eigenvalue weighted by atomic mass is 16.5. The number of nitrogens with one attached hydrogen (secondary N) is 6. The number of hydrogen-bond acceptors (Lipinski definition) is 8. The maximum atomic E-state index is 13.3. The third-order valence-corrected chi connectivity index (χ3v) is 5.74. The first-order valence-electron chi connectivity index (χ1n) is 12.6. The largest absolute Gasteiger partial charge is 0.461 e. The zero-order valence-electron chi connectivity index (χ0n) is 22.2. The van der Waals surface area contributed by atoms with E-state index in [1.54, 1.807) is 30.3 Å². The molecule has 6 amide bonds. The summed E-state index contributed by atoms with van der Waals surface area (Å²) in [6.45, 7) is -0.882. The predicted molar refractivity (Wildman–Crippen MR) is 144 cm³/mol. The molecule has 216 valence electrons. The Bertz CT molecular complexity index is 1330. The van der Waals surface area contributed by atoms with Crippen LogP contribution in [0.2, 0.25) is 0 Å². The normalized spacial score (nSPS) is 17.5. The Kier molecular flexibility index (Phi) is 10.9. The minimum atomic E-state index is -1.06. The summed E-state index contributed by atoms with van der Waals surface area (Å²) in [5.41, 5.74) is 1.28. The molecule has 0 aliphatic carbocycles. The van der Waals surface area contributed by atoms with Crippen molar-refractivity contribution in [2.24, 2.45) is 0 Å². The van der Waals surface area contributed by atoms with E-state index in [4.69, 9.17) is 4.74 Å². The molecule has 1 aliphatic heterocycles. The van der Waals surface area contributed by atoms with Crippen molar-refractivity contribution in [2.45, 2.75) is 26.0 Å². The van der Waals surface area contributed by atoms with E-state index in [1.807, 2.05) is 0 Å². The van der Waals surface area contributed by atoms with Crippen LogP contribution in [0.5, 0.6) is 0 Å². The molecule has 1 aliphatic rings. The molecule has 2 bridgehead atoms. The Hall–Kier alpha value is -5.27. The fourth-order valence-corrected chi connectivity index (χ4v) is 3.68. The molecule has 14 nitrogen and oxygen atoms in total. The number of carbonyl (C=O) groups excluding carboxylic acids is 7. The predicted octanol–water partition coefficient (Wildman–Crippen LogP) is -1.49. The van der Waals surface area contributed by atoms with E-state index in [9.17, 15) is 33.6 Å². The summed E-state index contributed by atoms with van der Waals surface area (Å²) in [5.74, 6) is -4.55. The van der Waals surface area contributed by atoms with Crippen LogP contribution in [0.3, 0.4) is 0 Å². The van der Waals surface area contributed by atoms with Crippen molar-refractivity contribution in [3.8, 4) is 0 Å². The molecule has 0 unspecified atom stereocenters. The zero-order chi connectivity index (χ0) is 29.8. The molecule has 1 atom stereocenters. The Morgan fingerprint density at radius 2 is 1.37 bits per heavy atom. The third kappa shape index (κ3) is 10.1. The van der Waals surface area contributed by atoms with Crippen LogP contribution in [0.1, 0.15) is 28.4 Å². The van der Waals surface area contributed by atoms with Crippen molar-refractivity contribution >= 4 is 47.1 Å². The van der Waals surface area contributed by atoms with Gasteiger partial charge in [0.15, 0.2) is 0 Å². The first kappa shape index (κ1) is 30.3. The van der Waals surface area contributed by atoms with Gasteiger partial charge in [-0.1, -0.05) is 36.4 Å². The molecule has 0 saturated heterocycles. The number of esters is 1. The molecule has 0 fully saturated rings. The second kappa shape index (κ2) is 14.8. The van der Waals surface area contributed by atoms with Gasteiger partial charge in [-0.05, 0) is 17.7 Å². The summed E-state index contributed by atoms with van der Waals surface area (Å²) < 4.78 is 5.02. The van der Waals surface area contributed by atoms with E-state index >= 15 is 0 Å². The van der Waals surface area contributed by atoms with Crippen molar-refractivity contribution in [3.05, 3.63) is 65.2 Å². The third-order valence-electron chi connectivity index (χ3n) is 5.74. The van der Waals surface area contributed by atoms with E-state index in [0.29, 0.717) is 5.56 Å². The molecule has 41 heavy (non-hydrogen) atoms. The maximum Gasteiger partial charge on any atom is 0.302 e. The lowest BCUT2D eigenvalue weighted by atomic mass is 10.0. The van der Waals surface area contributed by atoms with Crippen LogP contribution in [0.25, 0.3) is 0 Å². The lowest BCUT2D eigenvalue weighted by molar-refractivity contribution is -0.142. The lowest BCUT2D eigenvalue weighted by Gasteiger charge is -2.20. The van der Waals surface area contributed by atoms with Gasteiger partial charge in [-0.2, -0.15) is 0 Å². The van der Waals surface area contributed by atoms with Crippen LogP contribution < -0.4 is 31.9 Å². The number of benzene rings is 2. The second-order valence-corrected chi connectivity index (χ2v) is 8.96. The Morgan fingerprint density at radius 1 is 0.780 bits per heavy atom. The Balaban J connectivity index is 1.90. The average molecular weight is 567 g/mol. The molecular weight excluding hydrogens is 536 g/mol. The number of rotatable bonds is 4. The quantitative estimate of drug-likeness (QED) is 0.240. The molecule has 14 heteroatoms. The van der Waals surface area contributed by atoms with E-state index in [-0.39, 0.29) is 24.3 Å². The maximum absolute atomic E-state index is 13.3. The van der Waals surface area contributed by atoms with Gasteiger partial charge in [-0.3, -0.25) is 33.6 Å². The van der Waals surface area contributed by atoms with Gasteiger partial charge in [-0.25, -0.2) is 0 Å². The Morgan fingerprint density at radius 3 is 1.98 bits per heavy atom. The molecule has 1 heterocycles. The second-order valence-electron chi connectivity index (χ2n) is 8.96. The highest BCUT2D eigenvalue weighted by Gasteiger charge is 2.23. The van der Waals surface area contributed by atoms with E-state index < -0.39 is 73.6 Å². The summed E-state index contributed by atoms with van der Waals surface area (Å²) in [5, 5.41) is 14.6. The minimum absolute atomic E-state index is 0.0235. The first-order chi connectivity index (χ1) is 19.6. The van der Waals surface area contributed by atoms with Gasteiger partial charge in [0, 0.05) is 30.2 Å². The molecule has 2 aromatic carbocycles. The van der Waals surface area contributed by atoms with Crippen LogP contribution in [-0.4, -0.2) is 73.6 Å². The van der Waals surface area contributed by atoms with Gasteiger partial charge >= 0.3 is 5.97 Å². The minimum Gasteiger partial charge on any atom is -0.461 e. The van der Waals surface area contributed by atoms with Gasteiger partial charge in [0.1, 0.15) is 12.6 Å². The van der Waals surface area contributed by atoms with Crippen molar-refractivity contribution < 1.29 is 38.3 Å². The lowest BCUT2D eigenvalue weighted by Crippen LogP contribution is -2.50. The molecule has 0 spiro atoms. The monoisotopic (exact) mass is 566 g/mol. The SMILES string of the molecule is CC(=O)OCc1ccc2cc1C(=O)NCC(=O)NCC(=O)NCC(=O)NCC(=O)N[C@@H](Cc1ccccc1)C(=O)N2. The van der Waals surface area contributed by atoms with E-state index in [0.717, 1.165) is 5.56 Å². The number of anilines is 1. The highest BCUT2D eigenvalue weighted by Crippen LogP contribution is 2.18. The number of carbonyl (C=O) groups is 7. The van der Waals surface area contributed by atoms with Crippen LogP contribution in [0.15, 0.2) is 48.5 Å². The number of amides is 6. The van der Waals surface area contributed by atoms with Crippen molar-refractivity contribution in [2.75, 3.05) is 31.5 Å². The molecule has 6 N–H and O–H groups in total. The number of fused-ring (bicyclic) bond motifs is 2. The summed E-state index contributed by atoms with van der Waals surface area (Å²) >= 11 is 0. The smallest absolute Gasteiger partial charge is 0.302 e. The van der Waals surface area contributed by atoms with Crippen molar-refractivity contribution in [1.29, 1.82) is 0 Å². The number of hydrogen-bond donors (Lipinski definition) is 6. The average Bonchev–Trinajstić information content (AvgIpc) is 2.95. The van der Waals surface area contributed by atoms with Gasteiger partial charge in [0.25, 0.3) is 5.91 Å². The summed E-state index contributed by atoms with van der Waals surface area (Å²) in [6, 6.07) is 12.2. The van der Waals surface area contributed by atoms with Crippen LogP contribution in [0, 0.1) is 0 Å². The van der Waals surface area contributed by atoms with E-state index in [1.165, 1.54) is 25.1 Å². The molecule has 2 aromatic rings. The van der Waals surface area contributed by atoms with Crippen LogP contribution in [-0.2, 0) is 46.5 Å². The van der Waals surface area contributed by atoms with Crippen LogP contribution >= 0.6 is 0 Å². The molecule has 0 saturated carbocycles. The fraction of sp³-hybridized carbons (Fsp3) is 0.296. The van der Waals surface area contributed by atoms with Gasteiger partial charge in [-0.15, -0.1) is 0 Å². The molecule has 0 radical (unpaired) electrons. The zero-order valence-corrected chi connectivity index (χ0v) is 22.2. The van der Waals surface area contributed by atoms with E-state index in [2.05, 4.69) is 31.9 Å². The summed E-state index contributed by atoms with van der Waals surface area (Å²) in [6.07, 6.45) is 0.120. The topological polar surface area (TPSA) is 201 Å². The summed E-state index contributed by atoms with van der Waals surface area (Å²) in [4.78, 5) is 86.4. The van der Waals surface area contributed by atoms with Gasteiger partial charge in [0.05, 0.1) is 26.2 Å². The first-order valence-corrected chi connectivity index (χ1v) is 12.6. The number of ether oxygens (including phenoxy) is 1.